The van der Waals surface area contributed by atoms with Gasteiger partial charge in [0.05, 0.1) is 12.6 Å². The Hall–Kier alpha value is -2.76. The summed E-state index contributed by atoms with van der Waals surface area (Å²) in [6.45, 7) is 6.21. The first kappa shape index (κ1) is 60.2. The van der Waals surface area contributed by atoms with Gasteiger partial charge in [-0.15, -0.1) is 0 Å². The number of nitrogens with zero attached hydrogens (tertiary/aromatic N) is 1. The molecular weight excluding hydrogens is 789 g/mol. The van der Waals surface area contributed by atoms with Crippen molar-refractivity contribution in [1.82, 2.24) is 20.9 Å². The van der Waals surface area contributed by atoms with Gasteiger partial charge in [-0.05, 0) is 103 Å². The normalized spacial score (nSPS) is 12.5. The van der Waals surface area contributed by atoms with Crippen molar-refractivity contribution in [3.63, 3.8) is 0 Å². The molecule has 0 saturated carbocycles. The summed E-state index contributed by atoms with van der Waals surface area (Å²) < 4.78 is 0. The molecule has 0 aliphatic carbocycles. The fourth-order valence-corrected chi connectivity index (χ4v) is 7.70. The third-order valence-corrected chi connectivity index (χ3v) is 11.9. The summed E-state index contributed by atoms with van der Waals surface area (Å²) in [5, 5.41) is 18.8. The second-order valence-corrected chi connectivity index (χ2v) is 17.9. The van der Waals surface area contributed by atoms with E-state index in [2.05, 4.69) is 54.1 Å². The maximum absolute atomic E-state index is 13.6. The van der Waals surface area contributed by atoms with E-state index in [1.54, 1.807) is 4.90 Å². The van der Waals surface area contributed by atoms with Gasteiger partial charge in [-0.25, -0.2) is 0 Å². The van der Waals surface area contributed by atoms with Crippen LogP contribution in [-0.4, -0.2) is 85.0 Å². The van der Waals surface area contributed by atoms with Crippen molar-refractivity contribution < 1.29 is 24.3 Å². The first-order chi connectivity index (χ1) is 30.8. The van der Waals surface area contributed by atoms with Crippen LogP contribution in [0.5, 0.6) is 0 Å². The molecule has 0 fully saturated rings. The molecule has 0 aromatic heterocycles. The predicted molar refractivity (Wildman–Crippen MR) is 265 cm³/mol. The third-order valence-electron chi connectivity index (χ3n) is 11.9. The molecule has 0 aliphatic heterocycles. The molecule has 0 rings (SSSR count). The number of hydrogen-bond acceptors (Lipinski definition) is 7. The highest BCUT2D eigenvalue weighted by Gasteiger charge is 2.27. The number of nitrogens with two attached hydrogens (primary N) is 2. The van der Waals surface area contributed by atoms with Crippen LogP contribution >= 0.6 is 0 Å². The smallest absolute Gasteiger partial charge is 0.247 e. The summed E-state index contributed by atoms with van der Waals surface area (Å²) in [6, 6.07) is -1.90. The van der Waals surface area contributed by atoms with Gasteiger partial charge >= 0.3 is 0 Å². The van der Waals surface area contributed by atoms with E-state index in [-0.39, 0.29) is 17.7 Å². The zero-order valence-electron chi connectivity index (χ0n) is 40.9. The van der Waals surface area contributed by atoms with Gasteiger partial charge in [0.2, 0.25) is 23.6 Å². The highest BCUT2D eigenvalue weighted by molar-refractivity contribution is 5.89. The summed E-state index contributed by atoms with van der Waals surface area (Å²) >= 11 is 0. The van der Waals surface area contributed by atoms with Crippen molar-refractivity contribution in [3.05, 3.63) is 24.3 Å². The summed E-state index contributed by atoms with van der Waals surface area (Å²) in [6.07, 6.45) is 45.9. The lowest BCUT2D eigenvalue weighted by molar-refractivity contribution is -0.138. The van der Waals surface area contributed by atoms with Gasteiger partial charge in [0.1, 0.15) is 6.04 Å². The first-order valence-corrected chi connectivity index (χ1v) is 26.3. The zero-order chi connectivity index (χ0) is 46.3. The van der Waals surface area contributed by atoms with E-state index in [9.17, 15) is 24.3 Å². The maximum Gasteiger partial charge on any atom is 0.247 e. The lowest BCUT2D eigenvalue weighted by Gasteiger charge is -2.28. The molecular formula is C52H100N6O5. The van der Waals surface area contributed by atoms with Gasteiger partial charge in [-0.3, -0.25) is 19.2 Å². The Balaban J connectivity index is 4.51. The van der Waals surface area contributed by atoms with Crippen molar-refractivity contribution >= 4 is 23.6 Å². The van der Waals surface area contributed by atoms with Gasteiger partial charge < -0.3 is 37.4 Å². The molecule has 0 spiro atoms. The molecule has 0 unspecified atom stereocenters. The average molecular weight is 889 g/mol. The molecule has 8 N–H and O–H groups in total. The standard InChI is InChI=1S/C52H100N6O5/c1-3-5-7-9-11-13-15-17-19-21-23-25-27-29-31-39-49(60)55-42-35-36-44-58(52(63)48(46-59)57-51(62)47(54)38-33-34-41-53)45-37-43-56-50(61)40-32-30-28-26-24-22-20-18-16-14-12-10-8-6-4-2/h17-20,47-48,59H,3-16,21-46,53-54H2,1-2H3,(H,55,60)(H,56,61)(H,57,62)/b19-17-,20-18-/t47-,48-/m0/s1. The van der Waals surface area contributed by atoms with Crippen molar-refractivity contribution in [2.45, 2.75) is 244 Å². The fraction of sp³-hybridized carbons (Fsp3) is 0.846. The van der Waals surface area contributed by atoms with Crippen molar-refractivity contribution in [2.75, 3.05) is 39.3 Å². The van der Waals surface area contributed by atoms with Crippen LogP contribution in [0.3, 0.4) is 0 Å². The molecule has 0 aromatic carbocycles. The fourth-order valence-electron chi connectivity index (χ4n) is 7.70. The molecule has 0 bridgehead atoms. The number of nitrogens with one attached hydrogen (secondary N) is 3. The van der Waals surface area contributed by atoms with Crippen LogP contribution in [0.1, 0.15) is 232 Å². The molecule has 0 aromatic rings. The Morgan fingerprint density at radius 3 is 1.38 bits per heavy atom. The minimum atomic E-state index is -1.11. The lowest BCUT2D eigenvalue weighted by atomic mass is 10.1. The largest absolute Gasteiger partial charge is 0.394 e. The molecule has 63 heavy (non-hydrogen) atoms. The molecule has 0 aliphatic rings. The quantitative estimate of drug-likeness (QED) is 0.0260. The Labute approximate surface area is 387 Å². The molecule has 11 heteroatoms. The second kappa shape index (κ2) is 47.2. The number of allylic oxidation sites excluding steroid dienone is 4. The maximum atomic E-state index is 13.6. The molecule has 0 radical (unpaired) electrons. The van der Waals surface area contributed by atoms with E-state index in [1.807, 2.05) is 0 Å². The van der Waals surface area contributed by atoms with Crippen LogP contribution in [0, 0.1) is 0 Å². The Kier molecular flexibility index (Phi) is 45.1. The van der Waals surface area contributed by atoms with E-state index in [0.717, 1.165) is 57.8 Å². The van der Waals surface area contributed by atoms with Crippen LogP contribution < -0.4 is 27.4 Å². The number of amides is 4. The number of unbranched alkanes of at least 4 members (excludes halogenated alkanes) is 24. The van der Waals surface area contributed by atoms with Gasteiger partial charge in [0.15, 0.2) is 0 Å². The first-order valence-electron chi connectivity index (χ1n) is 26.3. The average Bonchev–Trinajstić information content (AvgIpc) is 3.28. The number of aliphatic hydroxyl groups is 1. The van der Waals surface area contributed by atoms with Crippen molar-refractivity contribution in [3.8, 4) is 0 Å². The Bertz CT molecular complexity index is 1130. The highest BCUT2D eigenvalue weighted by Crippen LogP contribution is 2.12. The minimum absolute atomic E-state index is 0.0205. The van der Waals surface area contributed by atoms with Crippen molar-refractivity contribution in [1.29, 1.82) is 0 Å². The van der Waals surface area contributed by atoms with Crippen molar-refractivity contribution in [2.24, 2.45) is 11.5 Å². The Morgan fingerprint density at radius 2 is 0.937 bits per heavy atom. The number of hydrogen-bond donors (Lipinski definition) is 6. The van der Waals surface area contributed by atoms with Crippen LogP contribution in [0.15, 0.2) is 24.3 Å². The molecule has 2 atom stereocenters. The SMILES string of the molecule is CCCCCCCC/C=C\CCCCCCCC(=O)NCCCCN(CCCNC(=O)CCCCCCC/C=C\CCCCCCCC)C(=O)[C@H](CO)NC(=O)[C@@H](N)CCCCN. The summed E-state index contributed by atoms with van der Waals surface area (Å²) in [5.41, 5.74) is 11.6. The highest BCUT2D eigenvalue weighted by atomic mass is 16.3. The topological polar surface area (TPSA) is 180 Å². The number of carbonyl (C=O) groups excluding carboxylic acids is 4. The van der Waals surface area contributed by atoms with E-state index in [0.29, 0.717) is 77.7 Å². The van der Waals surface area contributed by atoms with Crippen LogP contribution in [0.2, 0.25) is 0 Å². The van der Waals surface area contributed by atoms with Gasteiger partial charge in [0, 0.05) is 39.0 Å². The summed E-state index contributed by atoms with van der Waals surface area (Å²) in [4.78, 5) is 53.0. The van der Waals surface area contributed by atoms with Gasteiger partial charge in [-0.2, -0.15) is 0 Å². The molecule has 4 amide bonds. The molecule has 0 heterocycles. The number of rotatable bonds is 47. The Morgan fingerprint density at radius 1 is 0.524 bits per heavy atom. The number of aliphatic hydroxyl groups excluding tert-OH is 1. The van der Waals surface area contributed by atoms with E-state index < -0.39 is 24.6 Å². The zero-order valence-corrected chi connectivity index (χ0v) is 40.9. The number of carbonyl (C=O) groups is 4. The van der Waals surface area contributed by atoms with Crippen LogP contribution in [-0.2, 0) is 19.2 Å². The molecule has 11 nitrogen and oxygen atoms in total. The van der Waals surface area contributed by atoms with Crippen LogP contribution in [0.25, 0.3) is 0 Å². The van der Waals surface area contributed by atoms with Crippen LogP contribution in [0.4, 0.5) is 0 Å². The molecule has 0 saturated heterocycles. The second-order valence-electron chi connectivity index (χ2n) is 17.9. The monoisotopic (exact) mass is 889 g/mol. The summed E-state index contributed by atoms with van der Waals surface area (Å²) in [5.74, 6) is -0.778. The van der Waals surface area contributed by atoms with Gasteiger partial charge in [0.25, 0.3) is 0 Å². The minimum Gasteiger partial charge on any atom is -0.394 e. The summed E-state index contributed by atoms with van der Waals surface area (Å²) in [7, 11) is 0. The van der Waals surface area contributed by atoms with E-state index >= 15 is 0 Å². The van der Waals surface area contributed by atoms with Gasteiger partial charge in [-0.1, -0.05) is 147 Å². The lowest BCUT2D eigenvalue weighted by Crippen LogP contribution is -2.54. The molecule has 368 valence electrons. The van der Waals surface area contributed by atoms with E-state index in [4.69, 9.17) is 11.5 Å². The predicted octanol–water partition coefficient (Wildman–Crippen LogP) is 10.2. The van der Waals surface area contributed by atoms with E-state index in [1.165, 1.54) is 116 Å². The third kappa shape index (κ3) is 40.5.